The van der Waals surface area contributed by atoms with Gasteiger partial charge in [-0.25, -0.2) is 0 Å². The molecule has 0 heterocycles. The molecule has 3 saturated carbocycles. The Labute approximate surface area is 95.3 Å². The number of alkyl halides is 1. The summed E-state index contributed by atoms with van der Waals surface area (Å²) in [6.45, 7) is 0. The second-order valence-corrected chi connectivity index (χ2v) is 5.58. The van der Waals surface area contributed by atoms with E-state index in [0.29, 0.717) is 5.92 Å². The standard InChI is InChI=1S/C12H17ClO2/c13-6-11(14)15-10-4-3-9-7-1-2-8(5-7)12(9)10/h7-10,12H,1-6H2/t7-,8-,9+,10-,12+/m0/s1. The number of carbonyl (C=O) groups is 1. The van der Waals surface area contributed by atoms with E-state index in [2.05, 4.69) is 0 Å². The molecule has 2 nitrogen and oxygen atoms in total. The van der Waals surface area contributed by atoms with Crippen LogP contribution in [0.2, 0.25) is 0 Å². The highest BCUT2D eigenvalue weighted by atomic mass is 35.5. The summed E-state index contributed by atoms with van der Waals surface area (Å²) in [6, 6.07) is 0. The summed E-state index contributed by atoms with van der Waals surface area (Å²) in [6.07, 6.45) is 6.71. The monoisotopic (exact) mass is 228 g/mol. The molecule has 0 aliphatic heterocycles. The summed E-state index contributed by atoms with van der Waals surface area (Å²) in [5, 5.41) is 0. The van der Waals surface area contributed by atoms with E-state index < -0.39 is 0 Å². The average Bonchev–Trinajstić information content (AvgIpc) is 2.89. The maximum absolute atomic E-state index is 11.2. The summed E-state index contributed by atoms with van der Waals surface area (Å²) in [5.74, 6) is 3.09. The van der Waals surface area contributed by atoms with Crippen molar-refractivity contribution in [3.05, 3.63) is 0 Å². The van der Waals surface area contributed by atoms with Gasteiger partial charge in [0.2, 0.25) is 0 Å². The molecular formula is C12H17ClO2. The van der Waals surface area contributed by atoms with Crippen molar-refractivity contribution in [2.24, 2.45) is 23.7 Å². The SMILES string of the molecule is O=C(CCl)O[C@H]1CC[C@@H]2[C@H]3CC[C@@H](C3)[C@H]21. The molecule has 0 amide bonds. The Kier molecular flexibility index (Phi) is 2.42. The third kappa shape index (κ3) is 1.49. The Hall–Kier alpha value is -0.240. The second-order valence-electron chi connectivity index (χ2n) is 5.31. The van der Waals surface area contributed by atoms with Gasteiger partial charge < -0.3 is 4.74 Å². The molecule has 3 aliphatic carbocycles. The van der Waals surface area contributed by atoms with Gasteiger partial charge in [-0.1, -0.05) is 0 Å². The molecule has 3 fully saturated rings. The minimum absolute atomic E-state index is 0.00197. The van der Waals surface area contributed by atoms with Crippen LogP contribution in [0.4, 0.5) is 0 Å². The minimum Gasteiger partial charge on any atom is -0.461 e. The van der Waals surface area contributed by atoms with Crippen LogP contribution in [0.25, 0.3) is 0 Å². The number of halogens is 1. The summed E-state index contributed by atoms with van der Waals surface area (Å²) in [5.41, 5.74) is 0. The Morgan fingerprint density at radius 2 is 2.00 bits per heavy atom. The first-order valence-electron chi connectivity index (χ1n) is 6.05. The van der Waals surface area contributed by atoms with Gasteiger partial charge in [0.15, 0.2) is 0 Å². The van der Waals surface area contributed by atoms with Crippen LogP contribution in [0.5, 0.6) is 0 Å². The van der Waals surface area contributed by atoms with Crippen LogP contribution in [-0.2, 0) is 9.53 Å². The van der Waals surface area contributed by atoms with Crippen molar-refractivity contribution in [3.8, 4) is 0 Å². The molecule has 3 rings (SSSR count). The molecule has 3 heteroatoms. The lowest BCUT2D eigenvalue weighted by Crippen LogP contribution is -2.29. The zero-order valence-electron chi connectivity index (χ0n) is 8.82. The average molecular weight is 229 g/mol. The first-order valence-corrected chi connectivity index (χ1v) is 6.58. The summed E-state index contributed by atoms with van der Waals surface area (Å²) in [7, 11) is 0. The Morgan fingerprint density at radius 3 is 2.80 bits per heavy atom. The molecule has 84 valence electrons. The molecular weight excluding hydrogens is 212 g/mol. The predicted octanol–water partition coefficient (Wildman–Crippen LogP) is 2.59. The smallest absolute Gasteiger partial charge is 0.321 e. The lowest BCUT2D eigenvalue weighted by molar-refractivity contribution is -0.148. The maximum atomic E-state index is 11.2. The Balaban J connectivity index is 1.70. The van der Waals surface area contributed by atoms with Gasteiger partial charge in [0.25, 0.3) is 0 Å². The molecule has 0 aromatic carbocycles. The predicted molar refractivity (Wildman–Crippen MR) is 57.6 cm³/mol. The van der Waals surface area contributed by atoms with Crippen molar-refractivity contribution in [3.63, 3.8) is 0 Å². The molecule has 0 aromatic heterocycles. The molecule has 0 radical (unpaired) electrons. The second kappa shape index (κ2) is 3.65. The van der Waals surface area contributed by atoms with Gasteiger partial charge in [0, 0.05) is 5.92 Å². The Morgan fingerprint density at radius 1 is 1.20 bits per heavy atom. The highest BCUT2D eigenvalue weighted by Crippen LogP contribution is 2.59. The quantitative estimate of drug-likeness (QED) is 0.537. The van der Waals surface area contributed by atoms with Crippen LogP contribution in [-0.4, -0.2) is 18.0 Å². The normalized spacial score (nSPS) is 46.9. The van der Waals surface area contributed by atoms with Gasteiger partial charge in [0.05, 0.1) is 0 Å². The Bertz CT molecular complexity index is 279. The van der Waals surface area contributed by atoms with E-state index in [0.717, 1.165) is 24.2 Å². The van der Waals surface area contributed by atoms with Gasteiger partial charge in [-0.05, 0) is 49.9 Å². The lowest BCUT2D eigenvalue weighted by atomic mass is 9.81. The fourth-order valence-corrected chi connectivity index (χ4v) is 4.41. The number of rotatable bonds is 2. The van der Waals surface area contributed by atoms with Crippen molar-refractivity contribution >= 4 is 17.6 Å². The highest BCUT2D eigenvalue weighted by Gasteiger charge is 2.54. The number of carbonyl (C=O) groups excluding carboxylic acids is 1. The number of esters is 1. The van der Waals surface area contributed by atoms with E-state index in [1.54, 1.807) is 0 Å². The summed E-state index contributed by atoms with van der Waals surface area (Å²) in [4.78, 5) is 11.2. The maximum Gasteiger partial charge on any atom is 0.321 e. The van der Waals surface area contributed by atoms with Crippen LogP contribution in [0, 0.1) is 23.7 Å². The summed E-state index contributed by atoms with van der Waals surface area (Å²) < 4.78 is 5.46. The zero-order chi connectivity index (χ0) is 10.4. The van der Waals surface area contributed by atoms with Gasteiger partial charge >= 0.3 is 5.97 Å². The van der Waals surface area contributed by atoms with E-state index in [9.17, 15) is 4.79 Å². The van der Waals surface area contributed by atoms with Crippen LogP contribution in [0.3, 0.4) is 0 Å². The molecule has 0 unspecified atom stereocenters. The number of hydrogen-bond acceptors (Lipinski definition) is 2. The van der Waals surface area contributed by atoms with Crippen LogP contribution in [0.15, 0.2) is 0 Å². The topological polar surface area (TPSA) is 26.3 Å². The molecule has 15 heavy (non-hydrogen) atoms. The minimum atomic E-state index is -0.231. The van der Waals surface area contributed by atoms with E-state index in [4.69, 9.17) is 16.3 Å². The fourth-order valence-electron chi connectivity index (χ4n) is 4.35. The first kappa shape index (κ1) is 9.95. The van der Waals surface area contributed by atoms with Gasteiger partial charge in [0.1, 0.15) is 12.0 Å². The van der Waals surface area contributed by atoms with E-state index in [1.165, 1.54) is 25.7 Å². The molecule has 3 aliphatic rings. The fraction of sp³-hybridized carbons (Fsp3) is 0.917. The summed E-state index contributed by atoms with van der Waals surface area (Å²) >= 11 is 5.48. The number of ether oxygens (including phenoxy) is 1. The molecule has 0 N–H and O–H groups in total. The van der Waals surface area contributed by atoms with Crippen molar-refractivity contribution in [1.29, 1.82) is 0 Å². The number of hydrogen-bond donors (Lipinski definition) is 0. The lowest BCUT2D eigenvalue weighted by Gasteiger charge is -2.28. The van der Waals surface area contributed by atoms with Gasteiger partial charge in [-0.15, -0.1) is 11.6 Å². The van der Waals surface area contributed by atoms with Crippen LogP contribution >= 0.6 is 11.6 Å². The third-order valence-electron chi connectivity index (χ3n) is 4.76. The largest absolute Gasteiger partial charge is 0.461 e. The van der Waals surface area contributed by atoms with Crippen molar-refractivity contribution in [2.75, 3.05) is 5.88 Å². The molecule has 2 bridgehead atoms. The van der Waals surface area contributed by atoms with Gasteiger partial charge in [-0.2, -0.15) is 0 Å². The van der Waals surface area contributed by atoms with E-state index >= 15 is 0 Å². The van der Waals surface area contributed by atoms with Crippen LogP contribution < -0.4 is 0 Å². The van der Waals surface area contributed by atoms with Gasteiger partial charge in [-0.3, -0.25) is 4.79 Å². The highest BCUT2D eigenvalue weighted by molar-refractivity contribution is 6.26. The van der Waals surface area contributed by atoms with Crippen molar-refractivity contribution in [2.45, 2.75) is 38.2 Å². The first-order chi connectivity index (χ1) is 7.29. The molecule has 0 aromatic rings. The van der Waals surface area contributed by atoms with Crippen LogP contribution in [0.1, 0.15) is 32.1 Å². The molecule has 0 saturated heterocycles. The zero-order valence-corrected chi connectivity index (χ0v) is 9.58. The van der Waals surface area contributed by atoms with Crippen molar-refractivity contribution < 1.29 is 9.53 Å². The molecule has 5 atom stereocenters. The molecule has 0 spiro atoms. The number of fused-ring (bicyclic) bond motifs is 5. The van der Waals surface area contributed by atoms with E-state index in [1.807, 2.05) is 0 Å². The third-order valence-corrected chi connectivity index (χ3v) is 4.98. The van der Waals surface area contributed by atoms with Crippen molar-refractivity contribution in [1.82, 2.24) is 0 Å². The van der Waals surface area contributed by atoms with E-state index in [-0.39, 0.29) is 18.0 Å².